The second kappa shape index (κ2) is 8.00. The van der Waals surface area contributed by atoms with Crippen LogP contribution in [-0.4, -0.2) is 16.5 Å². The van der Waals surface area contributed by atoms with E-state index in [1.807, 2.05) is 6.07 Å². The second-order valence-corrected chi connectivity index (χ2v) is 8.25. The molecule has 1 N–H and O–H groups in total. The Balaban J connectivity index is 1.54. The van der Waals surface area contributed by atoms with Gasteiger partial charge in [0, 0.05) is 17.8 Å². The second-order valence-electron chi connectivity index (χ2n) is 7.01. The number of hydrogen-bond donors (Lipinski definition) is 1. The summed E-state index contributed by atoms with van der Waals surface area (Å²) in [5.41, 5.74) is 2.85. The van der Waals surface area contributed by atoms with Crippen molar-refractivity contribution < 1.29 is 0 Å². The first-order chi connectivity index (χ1) is 12.8. The Kier molecular flexibility index (Phi) is 5.30. The first-order valence-corrected chi connectivity index (χ1v) is 10.3. The molecule has 0 radical (unpaired) electrons. The Morgan fingerprint density at radius 2 is 2.00 bits per heavy atom. The van der Waals surface area contributed by atoms with Crippen LogP contribution in [0.5, 0.6) is 0 Å². The summed E-state index contributed by atoms with van der Waals surface area (Å²) in [7, 11) is 0. The lowest BCUT2D eigenvalue weighted by Crippen LogP contribution is -2.08. The molecule has 0 saturated heterocycles. The van der Waals surface area contributed by atoms with Gasteiger partial charge in [-0.3, -0.25) is 0 Å². The van der Waals surface area contributed by atoms with E-state index in [4.69, 9.17) is 9.97 Å². The van der Waals surface area contributed by atoms with Crippen LogP contribution < -0.4 is 5.32 Å². The van der Waals surface area contributed by atoms with Crippen molar-refractivity contribution in [2.75, 3.05) is 11.9 Å². The lowest BCUT2D eigenvalue weighted by atomic mass is 9.97. The fourth-order valence-electron chi connectivity index (χ4n) is 3.55. The van der Waals surface area contributed by atoms with Gasteiger partial charge in [-0.2, -0.15) is 0 Å². The molecule has 3 nitrogen and oxygen atoms in total. The third-order valence-electron chi connectivity index (χ3n) is 4.89. The number of nitrogens with one attached hydrogen (secondary N) is 1. The van der Waals surface area contributed by atoms with Crippen molar-refractivity contribution in [1.29, 1.82) is 0 Å². The van der Waals surface area contributed by atoms with Crippen molar-refractivity contribution in [3.8, 4) is 0 Å². The minimum absolute atomic E-state index is 0.771. The van der Waals surface area contributed by atoms with E-state index in [1.165, 1.54) is 36.1 Å². The lowest BCUT2D eigenvalue weighted by Gasteiger charge is -2.14. The molecule has 0 bridgehead atoms. The smallest absolute Gasteiger partial charge is 0.138 e. The molecule has 4 rings (SSSR count). The molecule has 3 aromatic rings. The average Bonchev–Trinajstić information content (AvgIpc) is 3.04. The molecular formula is C22H25N3S. The van der Waals surface area contributed by atoms with Crippen LogP contribution >= 0.6 is 11.3 Å². The summed E-state index contributed by atoms with van der Waals surface area (Å²) in [5.74, 6) is 1.88. The molecule has 1 aliphatic rings. The molecule has 26 heavy (non-hydrogen) atoms. The summed E-state index contributed by atoms with van der Waals surface area (Å²) in [6, 6.07) is 12.7. The average molecular weight is 364 g/mol. The van der Waals surface area contributed by atoms with E-state index in [0.717, 1.165) is 41.2 Å². The largest absolute Gasteiger partial charge is 0.369 e. The third-order valence-corrected chi connectivity index (χ3v) is 5.84. The summed E-state index contributed by atoms with van der Waals surface area (Å²) in [5, 5.41) is 4.74. The van der Waals surface area contributed by atoms with Crippen molar-refractivity contribution in [2.24, 2.45) is 0 Å². The fourth-order valence-corrected chi connectivity index (χ4v) is 4.45. The molecule has 2 heterocycles. The van der Waals surface area contributed by atoms with Gasteiger partial charge in [-0.1, -0.05) is 42.0 Å². The van der Waals surface area contributed by atoms with Crippen LogP contribution in [-0.2, 0) is 6.42 Å². The van der Waals surface area contributed by atoms with Crippen molar-refractivity contribution in [1.82, 2.24) is 9.97 Å². The minimum atomic E-state index is 0.771. The Hall–Kier alpha value is -2.20. The van der Waals surface area contributed by atoms with Gasteiger partial charge >= 0.3 is 0 Å². The molecule has 0 fully saturated rings. The van der Waals surface area contributed by atoms with Gasteiger partial charge < -0.3 is 5.32 Å². The highest BCUT2D eigenvalue weighted by molar-refractivity contribution is 7.18. The van der Waals surface area contributed by atoms with Gasteiger partial charge in [-0.25, -0.2) is 9.97 Å². The molecule has 1 aromatic carbocycles. The zero-order valence-corrected chi connectivity index (χ0v) is 16.1. The van der Waals surface area contributed by atoms with E-state index in [-0.39, 0.29) is 0 Å². The Labute approximate surface area is 159 Å². The van der Waals surface area contributed by atoms with E-state index in [9.17, 15) is 0 Å². The monoisotopic (exact) mass is 363 g/mol. The van der Waals surface area contributed by atoms with Crippen molar-refractivity contribution in [3.63, 3.8) is 0 Å². The Bertz CT molecular complexity index is 912. The van der Waals surface area contributed by atoms with Gasteiger partial charge in [0.25, 0.3) is 0 Å². The molecule has 134 valence electrons. The van der Waals surface area contributed by atoms with Crippen LogP contribution in [0.25, 0.3) is 10.2 Å². The van der Waals surface area contributed by atoms with E-state index in [2.05, 4.69) is 48.6 Å². The molecule has 0 atom stereocenters. The summed E-state index contributed by atoms with van der Waals surface area (Å²) in [6.45, 7) is 3.08. The SMILES string of the molecule is Cc1cc2c(NCCC3=CCCCC3)nc(Cc3ccccc3)nc2s1. The maximum atomic E-state index is 4.86. The number of rotatable bonds is 6. The highest BCUT2D eigenvalue weighted by Crippen LogP contribution is 2.29. The van der Waals surface area contributed by atoms with E-state index in [0.29, 0.717) is 0 Å². The molecule has 2 aromatic heterocycles. The summed E-state index contributed by atoms with van der Waals surface area (Å²) < 4.78 is 0. The number of hydrogen-bond acceptors (Lipinski definition) is 4. The molecule has 0 spiro atoms. The number of anilines is 1. The first-order valence-electron chi connectivity index (χ1n) is 9.51. The van der Waals surface area contributed by atoms with Crippen molar-refractivity contribution >= 4 is 27.4 Å². The van der Waals surface area contributed by atoms with E-state index in [1.54, 1.807) is 16.9 Å². The summed E-state index contributed by atoms with van der Waals surface area (Å²) >= 11 is 1.75. The van der Waals surface area contributed by atoms with Crippen molar-refractivity contribution in [3.05, 3.63) is 64.3 Å². The van der Waals surface area contributed by atoms with Crippen LogP contribution in [0.3, 0.4) is 0 Å². The minimum Gasteiger partial charge on any atom is -0.369 e. The van der Waals surface area contributed by atoms with Crippen molar-refractivity contribution in [2.45, 2.75) is 45.4 Å². The zero-order valence-electron chi connectivity index (χ0n) is 15.3. The lowest BCUT2D eigenvalue weighted by molar-refractivity contribution is 0.679. The molecular weight excluding hydrogens is 338 g/mol. The predicted molar refractivity (Wildman–Crippen MR) is 111 cm³/mol. The maximum Gasteiger partial charge on any atom is 0.138 e. The normalized spacial score (nSPS) is 14.4. The third kappa shape index (κ3) is 4.13. The number of benzene rings is 1. The number of aromatic nitrogens is 2. The van der Waals surface area contributed by atoms with Crippen LogP contribution in [0.2, 0.25) is 0 Å². The summed E-state index contributed by atoms with van der Waals surface area (Å²) in [4.78, 5) is 12.0. The Morgan fingerprint density at radius 3 is 2.81 bits per heavy atom. The summed E-state index contributed by atoms with van der Waals surface area (Å²) in [6.07, 6.45) is 9.51. The number of nitrogens with zero attached hydrogens (tertiary/aromatic N) is 2. The highest BCUT2D eigenvalue weighted by Gasteiger charge is 2.11. The quantitative estimate of drug-likeness (QED) is 0.555. The van der Waals surface area contributed by atoms with Gasteiger partial charge in [0.15, 0.2) is 0 Å². The highest BCUT2D eigenvalue weighted by atomic mass is 32.1. The molecule has 0 saturated carbocycles. The Morgan fingerprint density at radius 1 is 1.12 bits per heavy atom. The molecule has 0 aliphatic heterocycles. The molecule has 1 aliphatic carbocycles. The number of fused-ring (bicyclic) bond motifs is 1. The first kappa shape index (κ1) is 17.2. The number of aryl methyl sites for hydroxylation is 1. The zero-order chi connectivity index (χ0) is 17.8. The van der Waals surface area contributed by atoms with Crippen LogP contribution in [0.15, 0.2) is 48.0 Å². The van der Waals surface area contributed by atoms with Crippen LogP contribution in [0, 0.1) is 6.92 Å². The van der Waals surface area contributed by atoms with Gasteiger partial charge in [-0.15, -0.1) is 11.3 Å². The predicted octanol–water partition coefficient (Wildman–Crippen LogP) is 5.89. The van der Waals surface area contributed by atoms with Crippen LogP contribution in [0.4, 0.5) is 5.82 Å². The van der Waals surface area contributed by atoms with Gasteiger partial charge in [-0.05, 0) is 50.7 Å². The number of allylic oxidation sites excluding steroid dienone is 1. The number of thiophene rings is 1. The topological polar surface area (TPSA) is 37.8 Å². The fraction of sp³-hybridized carbons (Fsp3) is 0.364. The molecule has 0 unspecified atom stereocenters. The van der Waals surface area contributed by atoms with Crippen LogP contribution in [0.1, 0.15) is 48.4 Å². The molecule has 4 heteroatoms. The van der Waals surface area contributed by atoms with E-state index >= 15 is 0 Å². The van der Waals surface area contributed by atoms with Gasteiger partial charge in [0.05, 0.1) is 5.39 Å². The molecule has 0 amide bonds. The van der Waals surface area contributed by atoms with Gasteiger partial charge in [0.2, 0.25) is 0 Å². The van der Waals surface area contributed by atoms with Gasteiger partial charge in [0.1, 0.15) is 16.5 Å². The van der Waals surface area contributed by atoms with E-state index < -0.39 is 0 Å². The maximum absolute atomic E-state index is 4.86. The standard InChI is InChI=1S/C22H25N3S/c1-16-14-19-21(23-13-12-17-8-4-2-5-9-17)24-20(25-22(19)26-16)15-18-10-6-3-7-11-18/h3,6-8,10-11,14H,2,4-5,9,12-13,15H2,1H3,(H,23,24,25).